The van der Waals surface area contributed by atoms with Crippen molar-refractivity contribution in [2.45, 2.75) is 20.1 Å². The Morgan fingerprint density at radius 2 is 1.92 bits per heavy atom. The zero-order valence-corrected chi connectivity index (χ0v) is 21.9. The Hall–Kier alpha value is -4.05. The van der Waals surface area contributed by atoms with Crippen molar-refractivity contribution in [3.63, 3.8) is 0 Å². The zero-order chi connectivity index (χ0) is 26.2. The van der Waals surface area contributed by atoms with Gasteiger partial charge in [0.15, 0.2) is 5.65 Å². The number of aliphatic hydroxyl groups is 1. The third-order valence-corrected chi connectivity index (χ3v) is 7.38. The molecule has 0 amide bonds. The molecule has 4 aromatic heterocycles. The van der Waals surface area contributed by atoms with E-state index in [1.807, 2.05) is 59.3 Å². The lowest BCUT2D eigenvalue weighted by molar-refractivity contribution is 0.0460. The van der Waals surface area contributed by atoms with Gasteiger partial charge in [0.05, 0.1) is 50.5 Å². The highest BCUT2D eigenvalue weighted by Crippen LogP contribution is 2.31. The number of ether oxygens (including phenoxy) is 1. The molecular weight excluding hydrogens is 522 g/mol. The van der Waals surface area contributed by atoms with Crippen molar-refractivity contribution in [2.24, 2.45) is 0 Å². The lowest BCUT2D eigenvalue weighted by atomic mass is 10.1. The van der Waals surface area contributed by atoms with Gasteiger partial charge in [0.25, 0.3) is 0 Å². The fourth-order valence-electron chi connectivity index (χ4n) is 4.56. The first kappa shape index (κ1) is 24.3. The van der Waals surface area contributed by atoms with Crippen LogP contribution in [0.3, 0.4) is 0 Å². The molecule has 0 spiro atoms. The number of benzene rings is 2. The number of hydrogen-bond donors (Lipinski definition) is 1. The number of carbonyl (C=O) groups is 1. The van der Waals surface area contributed by atoms with Gasteiger partial charge in [0.2, 0.25) is 0 Å². The van der Waals surface area contributed by atoms with E-state index in [-0.39, 0.29) is 13.2 Å². The number of hydrogen-bond acceptors (Lipinski definition) is 7. The molecule has 0 aliphatic heterocycles. The van der Waals surface area contributed by atoms with E-state index in [4.69, 9.17) is 26.4 Å². The Morgan fingerprint density at radius 1 is 1.08 bits per heavy atom. The second-order valence-electron chi connectivity index (χ2n) is 8.68. The number of fused-ring (bicyclic) bond motifs is 2. The number of aryl methyl sites for hydroxylation is 1. The van der Waals surface area contributed by atoms with E-state index < -0.39 is 5.97 Å². The number of aromatic nitrogens is 5. The van der Waals surface area contributed by atoms with Crippen LogP contribution in [0.5, 0.6) is 0 Å². The van der Waals surface area contributed by atoms with E-state index >= 15 is 0 Å². The molecule has 0 atom stereocenters. The van der Waals surface area contributed by atoms with Gasteiger partial charge in [-0.1, -0.05) is 35.9 Å². The van der Waals surface area contributed by atoms with Crippen molar-refractivity contribution >= 4 is 51.0 Å². The normalized spacial score (nSPS) is 11.4. The number of para-hydroxylation sites is 1. The molecule has 1 N–H and O–H groups in total. The van der Waals surface area contributed by atoms with Gasteiger partial charge < -0.3 is 14.4 Å². The molecule has 4 heterocycles. The third-order valence-electron chi connectivity index (χ3n) is 6.25. The molecule has 0 radical (unpaired) electrons. The zero-order valence-electron chi connectivity index (χ0n) is 20.3. The van der Waals surface area contributed by atoms with Gasteiger partial charge in [0.1, 0.15) is 12.4 Å². The predicted octanol–water partition coefficient (Wildman–Crippen LogP) is 5.81. The first-order chi connectivity index (χ1) is 18.5. The Balaban J connectivity index is 1.42. The minimum Gasteiger partial charge on any atom is -0.454 e. The summed E-state index contributed by atoms with van der Waals surface area (Å²) in [4.78, 5) is 24.0. The smallest absolute Gasteiger partial charge is 0.339 e. The highest BCUT2D eigenvalue weighted by molar-refractivity contribution is 7.13. The monoisotopic (exact) mass is 543 g/mol. The molecule has 0 aliphatic rings. The number of aliphatic hydroxyl groups excluding tert-OH is 1. The van der Waals surface area contributed by atoms with Crippen LogP contribution in [-0.4, -0.2) is 42.0 Å². The maximum atomic E-state index is 13.6. The van der Waals surface area contributed by atoms with Gasteiger partial charge >= 0.3 is 5.97 Å². The van der Waals surface area contributed by atoms with Crippen LogP contribution >= 0.6 is 22.9 Å². The fourth-order valence-corrected chi connectivity index (χ4v) is 5.42. The number of esters is 1. The van der Waals surface area contributed by atoms with Gasteiger partial charge in [0, 0.05) is 11.6 Å². The average Bonchev–Trinajstić information content (AvgIpc) is 3.66. The van der Waals surface area contributed by atoms with Gasteiger partial charge in [-0.25, -0.2) is 19.4 Å². The molecule has 0 bridgehead atoms. The molecule has 38 heavy (non-hydrogen) atoms. The van der Waals surface area contributed by atoms with Crippen LogP contribution in [0.4, 0.5) is 0 Å². The van der Waals surface area contributed by atoms with Crippen molar-refractivity contribution in [3.8, 4) is 16.3 Å². The maximum absolute atomic E-state index is 13.6. The second-order valence-corrected chi connectivity index (χ2v) is 10.1. The van der Waals surface area contributed by atoms with Gasteiger partial charge in [-0.05, 0) is 54.8 Å². The summed E-state index contributed by atoms with van der Waals surface area (Å²) in [6.07, 6.45) is 0. The molecular formula is C28H22ClN5O3S. The number of pyridine rings is 1. The predicted molar refractivity (Wildman–Crippen MR) is 148 cm³/mol. The number of carbonyl (C=O) groups excluding carboxylic acids is 1. The molecule has 8 nitrogen and oxygen atoms in total. The molecule has 0 aliphatic carbocycles. The van der Waals surface area contributed by atoms with E-state index in [0.717, 1.165) is 16.1 Å². The van der Waals surface area contributed by atoms with E-state index in [1.165, 1.54) is 0 Å². The van der Waals surface area contributed by atoms with Crippen LogP contribution in [0.1, 0.15) is 21.9 Å². The van der Waals surface area contributed by atoms with Crippen LogP contribution in [-0.2, 0) is 17.9 Å². The van der Waals surface area contributed by atoms with Crippen molar-refractivity contribution < 1.29 is 14.6 Å². The minimum atomic E-state index is -0.508. The number of thiophene rings is 1. The van der Waals surface area contributed by atoms with Gasteiger partial charge in [-0.15, -0.1) is 11.3 Å². The first-order valence-corrected chi connectivity index (χ1v) is 13.2. The lowest BCUT2D eigenvalue weighted by Gasteiger charge is -2.10. The Kier molecular flexibility index (Phi) is 6.40. The van der Waals surface area contributed by atoms with Crippen LogP contribution in [0, 0.1) is 6.92 Å². The van der Waals surface area contributed by atoms with E-state index in [0.29, 0.717) is 50.9 Å². The second kappa shape index (κ2) is 10.0. The molecule has 0 saturated carbocycles. The Morgan fingerprint density at radius 3 is 2.68 bits per heavy atom. The van der Waals surface area contributed by atoms with Crippen LogP contribution in [0.15, 0.2) is 72.1 Å². The van der Waals surface area contributed by atoms with Crippen molar-refractivity contribution in [2.75, 3.05) is 6.61 Å². The molecule has 0 fully saturated rings. The SMILES string of the molecule is Cc1nn(-c2ccccc2)c2nc(-c3cccs3)cc(C(=O)OCc3nc4ccc(Cl)cc4n3CCO)c12. The number of nitrogens with zero attached hydrogens (tertiary/aromatic N) is 5. The van der Waals surface area contributed by atoms with Crippen LogP contribution < -0.4 is 0 Å². The molecule has 0 unspecified atom stereocenters. The molecule has 2 aromatic carbocycles. The third kappa shape index (κ3) is 4.34. The van der Waals surface area contributed by atoms with Crippen LogP contribution in [0.2, 0.25) is 5.02 Å². The topological polar surface area (TPSA) is 95.1 Å². The molecule has 6 aromatic rings. The highest BCUT2D eigenvalue weighted by atomic mass is 35.5. The molecule has 190 valence electrons. The fraction of sp³-hybridized carbons (Fsp3) is 0.143. The summed E-state index contributed by atoms with van der Waals surface area (Å²) < 4.78 is 9.38. The number of halogens is 1. The lowest BCUT2D eigenvalue weighted by Crippen LogP contribution is -2.12. The summed E-state index contributed by atoms with van der Waals surface area (Å²) in [5, 5.41) is 17.5. The van der Waals surface area contributed by atoms with Crippen molar-refractivity contribution in [3.05, 3.63) is 94.2 Å². The molecule has 0 saturated heterocycles. The summed E-state index contributed by atoms with van der Waals surface area (Å²) in [6.45, 7) is 1.99. The van der Waals surface area contributed by atoms with E-state index in [2.05, 4.69) is 4.98 Å². The number of imidazole rings is 1. The Bertz CT molecular complexity index is 1780. The minimum absolute atomic E-state index is 0.0743. The first-order valence-electron chi connectivity index (χ1n) is 12.0. The largest absolute Gasteiger partial charge is 0.454 e. The average molecular weight is 544 g/mol. The van der Waals surface area contributed by atoms with Gasteiger partial charge in [-0.3, -0.25) is 0 Å². The van der Waals surface area contributed by atoms with Gasteiger partial charge in [-0.2, -0.15) is 5.10 Å². The van der Waals surface area contributed by atoms with Crippen LogP contribution in [0.25, 0.3) is 38.3 Å². The van der Waals surface area contributed by atoms with E-state index in [9.17, 15) is 9.90 Å². The highest BCUT2D eigenvalue weighted by Gasteiger charge is 2.23. The summed E-state index contributed by atoms with van der Waals surface area (Å²) in [6, 6.07) is 20.7. The molecule has 10 heteroatoms. The number of rotatable bonds is 7. The quantitative estimate of drug-likeness (QED) is 0.255. The molecule has 6 rings (SSSR count). The summed E-state index contributed by atoms with van der Waals surface area (Å²) in [7, 11) is 0. The standard InChI is InChI=1S/C28H22ClN5O3S/c1-17-26-20(28(36)37-16-25-30-21-10-9-18(29)14-23(21)33(25)11-12-35)15-22(24-8-5-13-38-24)31-27(26)34(32-17)19-6-3-2-4-7-19/h2-10,13-15,35H,11-12,16H2,1H3. The van der Waals surface area contributed by atoms with E-state index in [1.54, 1.807) is 40.3 Å². The van der Waals surface area contributed by atoms with Crippen molar-refractivity contribution in [1.29, 1.82) is 0 Å². The summed E-state index contributed by atoms with van der Waals surface area (Å²) in [5.41, 5.74) is 4.61. The van der Waals surface area contributed by atoms with Crippen molar-refractivity contribution in [1.82, 2.24) is 24.3 Å². The maximum Gasteiger partial charge on any atom is 0.339 e. The Labute approximate surface area is 226 Å². The summed E-state index contributed by atoms with van der Waals surface area (Å²) in [5.74, 6) is 0.0108. The summed E-state index contributed by atoms with van der Waals surface area (Å²) >= 11 is 7.72.